The second-order valence-corrected chi connectivity index (χ2v) is 4.52. The Labute approximate surface area is 97.4 Å². The Morgan fingerprint density at radius 1 is 1.50 bits per heavy atom. The molecule has 16 heavy (non-hydrogen) atoms. The van der Waals surface area contributed by atoms with Crippen LogP contribution in [0.3, 0.4) is 0 Å². The molecule has 0 aliphatic carbocycles. The van der Waals surface area contributed by atoms with Gasteiger partial charge >= 0.3 is 0 Å². The lowest BCUT2D eigenvalue weighted by Crippen LogP contribution is -2.43. The zero-order chi connectivity index (χ0) is 11.4. The standard InChI is InChI=1S/C12H22N4/c1-2-16-8-6-11(14-16)10-15-7-4-3-5-12(15)9-13/h6,8,12H,2-5,7,9-10,13H2,1H3. The van der Waals surface area contributed by atoms with E-state index >= 15 is 0 Å². The van der Waals surface area contributed by atoms with Gasteiger partial charge in [0.25, 0.3) is 0 Å². The minimum absolute atomic E-state index is 0.556. The van der Waals surface area contributed by atoms with Crippen LogP contribution in [0.2, 0.25) is 0 Å². The molecule has 90 valence electrons. The molecular weight excluding hydrogens is 200 g/mol. The quantitative estimate of drug-likeness (QED) is 0.833. The highest BCUT2D eigenvalue weighted by molar-refractivity contribution is 4.99. The van der Waals surface area contributed by atoms with Crippen LogP contribution in [-0.4, -0.2) is 33.8 Å². The molecule has 0 aromatic carbocycles. The van der Waals surface area contributed by atoms with E-state index in [4.69, 9.17) is 5.73 Å². The third-order valence-corrected chi connectivity index (χ3v) is 3.41. The van der Waals surface area contributed by atoms with E-state index in [-0.39, 0.29) is 0 Å². The average Bonchev–Trinajstić information content (AvgIpc) is 2.77. The third kappa shape index (κ3) is 2.62. The lowest BCUT2D eigenvalue weighted by atomic mass is 10.0. The van der Waals surface area contributed by atoms with Crippen LogP contribution in [0.15, 0.2) is 12.3 Å². The lowest BCUT2D eigenvalue weighted by Gasteiger charge is -2.34. The molecule has 1 fully saturated rings. The maximum Gasteiger partial charge on any atom is 0.0764 e. The van der Waals surface area contributed by atoms with Gasteiger partial charge in [0.1, 0.15) is 0 Å². The van der Waals surface area contributed by atoms with E-state index in [2.05, 4.69) is 29.2 Å². The number of piperidine rings is 1. The third-order valence-electron chi connectivity index (χ3n) is 3.41. The molecule has 0 spiro atoms. The molecule has 2 heterocycles. The molecule has 1 aliphatic rings. The maximum atomic E-state index is 5.81. The van der Waals surface area contributed by atoms with Crippen LogP contribution in [0, 0.1) is 0 Å². The summed E-state index contributed by atoms with van der Waals surface area (Å²) in [6, 6.07) is 2.67. The van der Waals surface area contributed by atoms with Crippen molar-refractivity contribution in [2.75, 3.05) is 13.1 Å². The molecule has 2 rings (SSSR count). The first-order valence-electron chi connectivity index (χ1n) is 6.30. The van der Waals surface area contributed by atoms with Gasteiger partial charge in [0.05, 0.1) is 5.69 Å². The van der Waals surface area contributed by atoms with Crippen LogP contribution >= 0.6 is 0 Å². The summed E-state index contributed by atoms with van der Waals surface area (Å²) in [5.41, 5.74) is 6.98. The van der Waals surface area contributed by atoms with Gasteiger partial charge in [-0.25, -0.2) is 0 Å². The summed E-state index contributed by atoms with van der Waals surface area (Å²) < 4.78 is 1.98. The number of hydrogen-bond acceptors (Lipinski definition) is 3. The van der Waals surface area contributed by atoms with Gasteiger partial charge in [-0.3, -0.25) is 9.58 Å². The van der Waals surface area contributed by atoms with Crippen molar-refractivity contribution in [2.24, 2.45) is 5.73 Å². The molecule has 0 saturated carbocycles. The van der Waals surface area contributed by atoms with E-state index in [1.54, 1.807) is 0 Å². The van der Waals surface area contributed by atoms with Crippen LogP contribution < -0.4 is 5.73 Å². The second kappa shape index (κ2) is 5.46. The Bertz CT molecular complexity index is 321. The van der Waals surface area contributed by atoms with Gasteiger partial charge < -0.3 is 5.73 Å². The van der Waals surface area contributed by atoms with Gasteiger partial charge in [-0.1, -0.05) is 6.42 Å². The van der Waals surface area contributed by atoms with Crippen LogP contribution in [0.4, 0.5) is 0 Å². The Balaban J connectivity index is 1.96. The van der Waals surface area contributed by atoms with Gasteiger partial charge in [0.2, 0.25) is 0 Å². The Hall–Kier alpha value is -0.870. The zero-order valence-electron chi connectivity index (χ0n) is 10.1. The molecule has 1 unspecified atom stereocenters. The SMILES string of the molecule is CCn1ccc(CN2CCCCC2CN)n1. The molecule has 1 aliphatic heterocycles. The van der Waals surface area contributed by atoms with Crippen LogP contribution in [0.25, 0.3) is 0 Å². The minimum Gasteiger partial charge on any atom is -0.329 e. The molecule has 1 aromatic rings. The molecule has 1 saturated heterocycles. The number of hydrogen-bond donors (Lipinski definition) is 1. The lowest BCUT2D eigenvalue weighted by molar-refractivity contribution is 0.143. The molecule has 1 atom stereocenters. The van der Waals surface area contributed by atoms with Gasteiger partial charge in [-0.05, 0) is 32.4 Å². The first-order chi connectivity index (χ1) is 7.83. The van der Waals surface area contributed by atoms with Crippen molar-refractivity contribution >= 4 is 0 Å². The van der Waals surface area contributed by atoms with E-state index in [9.17, 15) is 0 Å². The molecule has 4 nitrogen and oxygen atoms in total. The van der Waals surface area contributed by atoms with Crippen molar-refractivity contribution in [1.29, 1.82) is 0 Å². The van der Waals surface area contributed by atoms with Crippen molar-refractivity contribution < 1.29 is 0 Å². The topological polar surface area (TPSA) is 47.1 Å². The first kappa shape index (κ1) is 11.6. The molecule has 2 N–H and O–H groups in total. The van der Waals surface area contributed by atoms with Crippen molar-refractivity contribution in [2.45, 2.75) is 45.3 Å². The van der Waals surface area contributed by atoms with Crippen molar-refractivity contribution in [3.63, 3.8) is 0 Å². The number of likely N-dealkylation sites (tertiary alicyclic amines) is 1. The number of nitrogens with zero attached hydrogens (tertiary/aromatic N) is 3. The number of aromatic nitrogens is 2. The highest BCUT2D eigenvalue weighted by Crippen LogP contribution is 2.18. The second-order valence-electron chi connectivity index (χ2n) is 4.52. The zero-order valence-corrected chi connectivity index (χ0v) is 10.1. The largest absolute Gasteiger partial charge is 0.329 e. The van der Waals surface area contributed by atoms with Crippen LogP contribution in [0.1, 0.15) is 31.9 Å². The normalized spacial score (nSPS) is 22.5. The number of aryl methyl sites for hydroxylation is 1. The van der Waals surface area contributed by atoms with Crippen LogP contribution in [-0.2, 0) is 13.1 Å². The fraction of sp³-hybridized carbons (Fsp3) is 0.750. The molecular formula is C12H22N4. The Morgan fingerprint density at radius 3 is 3.06 bits per heavy atom. The molecule has 0 radical (unpaired) electrons. The summed E-state index contributed by atoms with van der Waals surface area (Å²) in [7, 11) is 0. The minimum atomic E-state index is 0.556. The fourth-order valence-corrected chi connectivity index (χ4v) is 2.41. The van der Waals surface area contributed by atoms with Gasteiger partial charge in [-0.15, -0.1) is 0 Å². The summed E-state index contributed by atoms with van der Waals surface area (Å²) in [6.07, 6.45) is 5.91. The first-order valence-corrected chi connectivity index (χ1v) is 6.30. The highest BCUT2D eigenvalue weighted by atomic mass is 15.3. The molecule has 0 bridgehead atoms. The predicted molar refractivity (Wildman–Crippen MR) is 65.0 cm³/mol. The van der Waals surface area contributed by atoms with Crippen molar-refractivity contribution in [1.82, 2.24) is 14.7 Å². The molecule has 4 heteroatoms. The summed E-state index contributed by atoms with van der Waals surface area (Å²) in [4.78, 5) is 2.48. The van der Waals surface area contributed by atoms with E-state index in [1.807, 2.05) is 4.68 Å². The summed E-state index contributed by atoms with van der Waals surface area (Å²) in [5, 5.41) is 4.53. The van der Waals surface area contributed by atoms with Gasteiger partial charge in [0, 0.05) is 31.9 Å². The van der Waals surface area contributed by atoms with Gasteiger partial charge in [0.15, 0.2) is 0 Å². The Morgan fingerprint density at radius 2 is 2.38 bits per heavy atom. The fourth-order valence-electron chi connectivity index (χ4n) is 2.41. The predicted octanol–water partition coefficient (Wildman–Crippen LogP) is 1.22. The van der Waals surface area contributed by atoms with Crippen LogP contribution in [0.5, 0.6) is 0 Å². The van der Waals surface area contributed by atoms with E-state index in [0.29, 0.717) is 6.04 Å². The van der Waals surface area contributed by atoms with Crippen molar-refractivity contribution in [3.8, 4) is 0 Å². The van der Waals surface area contributed by atoms with Crippen molar-refractivity contribution in [3.05, 3.63) is 18.0 Å². The highest BCUT2D eigenvalue weighted by Gasteiger charge is 2.21. The van der Waals surface area contributed by atoms with Gasteiger partial charge in [-0.2, -0.15) is 5.10 Å². The molecule has 0 amide bonds. The maximum absolute atomic E-state index is 5.81. The van der Waals surface area contributed by atoms with E-state index in [0.717, 1.165) is 19.6 Å². The smallest absolute Gasteiger partial charge is 0.0764 e. The summed E-state index contributed by atoms with van der Waals surface area (Å²) in [5.74, 6) is 0. The Kier molecular flexibility index (Phi) is 3.96. The number of rotatable bonds is 4. The monoisotopic (exact) mass is 222 g/mol. The number of nitrogens with two attached hydrogens (primary N) is 1. The van der Waals surface area contributed by atoms with E-state index < -0.39 is 0 Å². The average molecular weight is 222 g/mol. The summed E-state index contributed by atoms with van der Waals surface area (Å²) >= 11 is 0. The molecule has 1 aromatic heterocycles. The summed E-state index contributed by atoms with van der Waals surface area (Å²) in [6.45, 7) is 5.95. The van der Waals surface area contributed by atoms with E-state index in [1.165, 1.54) is 31.5 Å².